The molecule has 0 aromatic heterocycles. The highest BCUT2D eigenvalue weighted by Gasteiger charge is 2.51. The van der Waals surface area contributed by atoms with Crippen LogP contribution in [0, 0.1) is 17.3 Å². The van der Waals surface area contributed by atoms with E-state index in [0.717, 1.165) is 37.7 Å². The van der Waals surface area contributed by atoms with Crippen molar-refractivity contribution in [2.45, 2.75) is 84.2 Å². The minimum atomic E-state index is -4.54. The zero-order chi connectivity index (χ0) is 24.7. The molecule has 0 radical (unpaired) electrons. The van der Waals surface area contributed by atoms with E-state index in [-0.39, 0.29) is 23.3 Å². The summed E-state index contributed by atoms with van der Waals surface area (Å²) in [4.78, 5) is 11.4. The van der Waals surface area contributed by atoms with Crippen LogP contribution in [0.2, 0.25) is 0 Å². The summed E-state index contributed by atoms with van der Waals surface area (Å²) < 4.78 is 48.6. The van der Waals surface area contributed by atoms with Crippen molar-refractivity contribution in [2.75, 3.05) is 0 Å². The summed E-state index contributed by atoms with van der Waals surface area (Å²) in [6.45, 7) is 6.35. The predicted octanol–water partition coefficient (Wildman–Crippen LogP) is 6.80. The van der Waals surface area contributed by atoms with Crippen LogP contribution in [-0.2, 0) is 17.5 Å². The number of hydrogen-bond donors (Lipinski definition) is 2. The Morgan fingerprint density at radius 3 is 2.41 bits per heavy atom. The average molecular weight is 478 g/mol. The molecule has 2 unspecified atom stereocenters. The number of hydrogen-bond acceptors (Lipinski definition) is 3. The van der Waals surface area contributed by atoms with E-state index in [2.05, 4.69) is 12.2 Å². The van der Waals surface area contributed by atoms with Gasteiger partial charge in [0.25, 0.3) is 0 Å². The lowest BCUT2D eigenvalue weighted by Gasteiger charge is -2.50. The molecule has 2 aliphatic rings. The number of carbonyl (C=O) groups is 1. The van der Waals surface area contributed by atoms with E-state index in [4.69, 9.17) is 4.74 Å². The van der Waals surface area contributed by atoms with Gasteiger partial charge in [-0.2, -0.15) is 13.2 Å². The maximum Gasteiger partial charge on any atom is 0.420 e. The predicted molar refractivity (Wildman–Crippen MR) is 126 cm³/mol. The maximum absolute atomic E-state index is 14.2. The van der Waals surface area contributed by atoms with Crippen LogP contribution >= 0.6 is 0 Å². The first kappa shape index (κ1) is 24.8. The van der Waals surface area contributed by atoms with Gasteiger partial charge in [0.05, 0.1) is 12.0 Å². The van der Waals surface area contributed by atoms with Crippen molar-refractivity contribution >= 4 is 16.7 Å². The number of ether oxygens (including phenoxy) is 1. The highest BCUT2D eigenvalue weighted by Crippen LogP contribution is 2.47. The van der Waals surface area contributed by atoms with Crippen LogP contribution in [-0.4, -0.2) is 23.2 Å². The van der Waals surface area contributed by atoms with E-state index in [1.54, 1.807) is 18.2 Å². The van der Waals surface area contributed by atoms with E-state index in [1.807, 2.05) is 19.9 Å². The molecule has 2 saturated carbocycles. The number of nitrogens with one attached hydrogen (secondary N) is 1. The standard InChI is InChI=1S/C27H34F3NO3/c1-4-16-6-10-19(11-7-16)34-22-12-9-18-8-5-17(13-20(18)24(22)27(28,29)30)15-31-23-14-21(25(32)33)26(23,2)3/h5,8-9,12-13,16,19,21,23,31H,4,6-7,10-11,14-15H2,1-3H3,(H,32,33). The van der Waals surface area contributed by atoms with E-state index in [0.29, 0.717) is 24.3 Å². The van der Waals surface area contributed by atoms with Crippen LogP contribution in [0.5, 0.6) is 5.75 Å². The van der Waals surface area contributed by atoms with Crippen LogP contribution in [0.15, 0.2) is 30.3 Å². The third-order valence-electron chi connectivity index (χ3n) is 8.11. The molecule has 2 fully saturated rings. The average Bonchev–Trinajstić information content (AvgIpc) is 2.77. The minimum Gasteiger partial charge on any atom is -0.490 e. The van der Waals surface area contributed by atoms with E-state index >= 15 is 0 Å². The Hall–Kier alpha value is -2.28. The molecule has 2 aliphatic carbocycles. The van der Waals surface area contributed by atoms with Gasteiger partial charge in [0.15, 0.2) is 0 Å². The van der Waals surface area contributed by atoms with Gasteiger partial charge in [-0.3, -0.25) is 4.79 Å². The van der Waals surface area contributed by atoms with Gasteiger partial charge in [-0.15, -0.1) is 0 Å². The van der Waals surface area contributed by atoms with Crippen molar-refractivity contribution in [1.82, 2.24) is 5.32 Å². The largest absolute Gasteiger partial charge is 0.490 e. The number of carboxylic acid groups (broad SMARTS) is 1. The number of alkyl halides is 3. The lowest BCUT2D eigenvalue weighted by atomic mass is 9.58. The Morgan fingerprint density at radius 2 is 1.82 bits per heavy atom. The van der Waals surface area contributed by atoms with Gasteiger partial charge in [0, 0.05) is 12.6 Å². The zero-order valence-corrected chi connectivity index (χ0v) is 20.0. The summed E-state index contributed by atoms with van der Waals surface area (Å²) in [6, 6.07) is 8.27. The third-order valence-corrected chi connectivity index (χ3v) is 8.11. The Kier molecular flexibility index (Phi) is 6.87. The summed E-state index contributed by atoms with van der Waals surface area (Å²) in [5, 5.41) is 13.3. The number of carboxylic acids is 1. The first-order valence-electron chi connectivity index (χ1n) is 12.3. The lowest BCUT2D eigenvalue weighted by molar-refractivity contribution is -0.155. The molecule has 2 aromatic rings. The van der Waals surface area contributed by atoms with E-state index in [1.165, 1.54) is 6.07 Å². The molecule has 0 aliphatic heterocycles. The van der Waals surface area contributed by atoms with Gasteiger partial charge in [-0.25, -0.2) is 0 Å². The molecule has 2 aromatic carbocycles. The fraction of sp³-hybridized carbons (Fsp3) is 0.593. The molecular weight excluding hydrogens is 443 g/mol. The van der Waals surface area contributed by atoms with Crippen molar-refractivity contribution in [1.29, 1.82) is 0 Å². The lowest BCUT2D eigenvalue weighted by Crippen LogP contribution is -2.58. The molecule has 7 heteroatoms. The second kappa shape index (κ2) is 9.40. The number of aliphatic carboxylic acids is 1. The first-order valence-corrected chi connectivity index (χ1v) is 12.3. The molecule has 4 nitrogen and oxygen atoms in total. The highest BCUT2D eigenvalue weighted by molar-refractivity contribution is 5.89. The van der Waals surface area contributed by atoms with Crippen molar-refractivity contribution in [3.63, 3.8) is 0 Å². The van der Waals surface area contributed by atoms with Gasteiger partial charge in [0.1, 0.15) is 11.3 Å². The van der Waals surface area contributed by atoms with Gasteiger partial charge >= 0.3 is 12.1 Å². The Morgan fingerprint density at radius 1 is 1.15 bits per heavy atom. The number of fused-ring (bicyclic) bond motifs is 1. The Labute approximate surface area is 198 Å². The molecule has 34 heavy (non-hydrogen) atoms. The molecule has 2 N–H and O–H groups in total. The van der Waals surface area contributed by atoms with E-state index in [9.17, 15) is 23.1 Å². The monoisotopic (exact) mass is 477 g/mol. The number of rotatable bonds is 7. The number of halogens is 3. The van der Waals surface area contributed by atoms with Gasteiger partial charge in [-0.05, 0) is 71.9 Å². The second-order valence-corrected chi connectivity index (χ2v) is 10.5. The Bertz CT molecular complexity index is 1040. The fourth-order valence-electron chi connectivity index (χ4n) is 5.62. The quantitative estimate of drug-likeness (QED) is 0.461. The van der Waals surface area contributed by atoms with Gasteiger partial charge in [0.2, 0.25) is 0 Å². The Balaban J connectivity index is 1.55. The summed E-state index contributed by atoms with van der Waals surface area (Å²) in [6.07, 6.45) is 0.446. The van der Waals surface area contributed by atoms with E-state index < -0.39 is 29.0 Å². The van der Waals surface area contributed by atoms with Crippen molar-refractivity contribution < 1.29 is 27.8 Å². The topological polar surface area (TPSA) is 58.6 Å². The molecular formula is C27H34F3NO3. The molecule has 0 spiro atoms. The summed E-state index contributed by atoms with van der Waals surface area (Å²) >= 11 is 0. The van der Waals surface area contributed by atoms with Crippen LogP contribution in [0.4, 0.5) is 13.2 Å². The van der Waals surface area contributed by atoms with Crippen LogP contribution in [0.3, 0.4) is 0 Å². The first-order chi connectivity index (χ1) is 16.0. The summed E-state index contributed by atoms with van der Waals surface area (Å²) in [5.41, 5.74) is -0.384. The minimum absolute atomic E-state index is 0.000649. The molecule has 0 amide bonds. The molecule has 0 heterocycles. The van der Waals surface area contributed by atoms with Crippen molar-refractivity contribution in [2.24, 2.45) is 17.3 Å². The van der Waals surface area contributed by atoms with Crippen molar-refractivity contribution in [3.05, 3.63) is 41.5 Å². The summed E-state index contributed by atoms with van der Waals surface area (Å²) in [7, 11) is 0. The number of benzene rings is 2. The SMILES string of the molecule is CCC1CCC(Oc2ccc3ccc(CNC4CC(C(=O)O)C4(C)C)cc3c2C(F)(F)F)CC1. The summed E-state index contributed by atoms with van der Waals surface area (Å²) in [5.74, 6) is -0.667. The van der Waals surface area contributed by atoms with Gasteiger partial charge in [-0.1, -0.05) is 45.4 Å². The maximum atomic E-state index is 14.2. The fourth-order valence-corrected chi connectivity index (χ4v) is 5.62. The normalized spacial score (nSPS) is 26.8. The van der Waals surface area contributed by atoms with Gasteiger partial charge < -0.3 is 15.2 Å². The molecule has 0 bridgehead atoms. The zero-order valence-electron chi connectivity index (χ0n) is 20.0. The smallest absolute Gasteiger partial charge is 0.420 e. The van der Waals surface area contributed by atoms with Crippen LogP contribution < -0.4 is 10.1 Å². The molecule has 4 rings (SSSR count). The molecule has 186 valence electrons. The second-order valence-electron chi connectivity index (χ2n) is 10.5. The van der Waals surface area contributed by atoms with Crippen LogP contribution in [0.25, 0.3) is 10.8 Å². The highest BCUT2D eigenvalue weighted by atomic mass is 19.4. The molecule has 0 saturated heterocycles. The van der Waals surface area contributed by atoms with Crippen LogP contribution in [0.1, 0.15) is 70.4 Å². The van der Waals surface area contributed by atoms with Crippen molar-refractivity contribution in [3.8, 4) is 5.75 Å². The molecule has 2 atom stereocenters. The third kappa shape index (κ3) is 4.90.